The minimum Gasteiger partial charge on any atom is -0.298 e. The lowest BCUT2D eigenvalue weighted by Crippen LogP contribution is -1.71. The van der Waals surface area contributed by atoms with E-state index in [1.165, 1.54) is 6.07 Å². The van der Waals surface area contributed by atoms with Crippen molar-refractivity contribution in [1.82, 2.24) is 0 Å². The first-order chi connectivity index (χ1) is 4.77. The van der Waals surface area contributed by atoms with E-state index in [1.54, 1.807) is 0 Å². The minimum absolute atomic E-state index is 0.364. The van der Waals surface area contributed by atoms with Crippen molar-refractivity contribution in [2.45, 2.75) is 6.67 Å². The summed E-state index contributed by atoms with van der Waals surface area (Å²) in [5.74, 6) is 0. The first-order valence-electron chi connectivity index (χ1n) is 2.57. The van der Waals surface area contributed by atoms with Crippen LogP contribution in [0.4, 0.5) is 4.39 Å². The molecule has 1 heterocycles. The maximum atomic E-state index is 11.9. The largest absolute Gasteiger partial charge is 0.298 e. The summed E-state index contributed by atoms with van der Waals surface area (Å²) < 4.78 is 12.3. The van der Waals surface area contributed by atoms with E-state index in [0.717, 1.165) is 11.3 Å². The van der Waals surface area contributed by atoms with Crippen molar-refractivity contribution in [3.05, 3.63) is 20.8 Å². The van der Waals surface area contributed by atoms with E-state index in [9.17, 15) is 9.18 Å². The fourth-order valence-corrected chi connectivity index (χ4v) is 1.67. The second-order valence-corrected chi connectivity index (χ2v) is 3.43. The predicted molar refractivity (Wildman–Crippen MR) is 39.5 cm³/mol. The van der Waals surface area contributed by atoms with Gasteiger partial charge in [-0.3, -0.25) is 4.79 Å². The number of hydrogen-bond donors (Lipinski definition) is 0. The summed E-state index contributed by atoms with van der Waals surface area (Å²) in [6.45, 7) is -0.557. The van der Waals surface area contributed by atoms with Gasteiger partial charge in [0.2, 0.25) is 0 Å². The number of thiophene rings is 1. The highest BCUT2D eigenvalue weighted by Crippen LogP contribution is 2.26. The zero-order chi connectivity index (χ0) is 7.56. The van der Waals surface area contributed by atoms with Gasteiger partial charge < -0.3 is 0 Å². The summed E-state index contributed by atoms with van der Waals surface area (Å²) in [5, 5.41) is 0. The van der Waals surface area contributed by atoms with Gasteiger partial charge in [-0.05, 0) is 6.07 Å². The highest BCUT2D eigenvalue weighted by atomic mass is 35.5. The van der Waals surface area contributed by atoms with Crippen LogP contribution in [-0.4, -0.2) is 6.29 Å². The normalized spacial score (nSPS) is 9.80. The number of carbonyl (C=O) groups excluding carboxylic acids is 1. The van der Waals surface area contributed by atoms with E-state index in [0.29, 0.717) is 21.1 Å². The summed E-state index contributed by atoms with van der Waals surface area (Å²) in [4.78, 5) is 10.6. The maximum Gasteiger partial charge on any atom is 0.152 e. The number of hydrogen-bond acceptors (Lipinski definition) is 2. The molecule has 0 saturated carbocycles. The number of alkyl halides is 1. The van der Waals surface area contributed by atoms with E-state index in [-0.39, 0.29) is 0 Å². The molecule has 0 radical (unpaired) electrons. The molecule has 54 valence electrons. The van der Waals surface area contributed by atoms with Crippen LogP contribution in [0, 0.1) is 0 Å². The first kappa shape index (κ1) is 7.69. The quantitative estimate of drug-likeness (QED) is 0.637. The van der Waals surface area contributed by atoms with Crippen LogP contribution in [0.2, 0.25) is 4.34 Å². The van der Waals surface area contributed by atoms with Gasteiger partial charge in [0.15, 0.2) is 6.29 Å². The van der Waals surface area contributed by atoms with Crippen molar-refractivity contribution in [3.8, 4) is 0 Å². The Bertz CT molecular complexity index is 246. The molecule has 10 heavy (non-hydrogen) atoms. The van der Waals surface area contributed by atoms with Crippen molar-refractivity contribution < 1.29 is 9.18 Å². The number of carbonyl (C=O) groups is 1. The summed E-state index contributed by atoms with van der Waals surface area (Å²) in [6, 6.07) is 1.46. The number of rotatable bonds is 2. The van der Waals surface area contributed by atoms with E-state index >= 15 is 0 Å². The molecule has 0 atom stereocenters. The third-order valence-corrected chi connectivity index (χ3v) is 2.38. The molecule has 0 unspecified atom stereocenters. The van der Waals surface area contributed by atoms with Gasteiger partial charge in [-0.15, -0.1) is 11.3 Å². The second kappa shape index (κ2) is 3.12. The number of aldehydes is 1. The molecule has 0 fully saturated rings. The van der Waals surface area contributed by atoms with Crippen LogP contribution in [0.15, 0.2) is 6.07 Å². The van der Waals surface area contributed by atoms with Gasteiger partial charge in [-0.1, -0.05) is 11.6 Å². The van der Waals surface area contributed by atoms with Crippen molar-refractivity contribution in [3.63, 3.8) is 0 Å². The molecule has 0 saturated heterocycles. The van der Waals surface area contributed by atoms with Crippen LogP contribution in [-0.2, 0) is 6.67 Å². The molecule has 1 rings (SSSR count). The van der Waals surface area contributed by atoms with E-state index in [4.69, 9.17) is 11.6 Å². The van der Waals surface area contributed by atoms with Gasteiger partial charge in [0.25, 0.3) is 0 Å². The average Bonchev–Trinajstić information content (AvgIpc) is 2.30. The lowest BCUT2D eigenvalue weighted by molar-refractivity contribution is 0.112. The van der Waals surface area contributed by atoms with Gasteiger partial charge in [-0.2, -0.15) is 0 Å². The predicted octanol–water partition coefficient (Wildman–Crippen LogP) is 2.68. The van der Waals surface area contributed by atoms with Gasteiger partial charge in [0, 0.05) is 10.4 Å². The Morgan fingerprint density at radius 3 is 2.80 bits per heavy atom. The lowest BCUT2D eigenvalue weighted by Gasteiger charge is -1.76. The Balaban J connectivity index is 3.03. The van der Waals surface area contributed by atoms with Crippen LogP contribution >= 0.6 is 22.9 Å². The third-order valence-electron chi connectivity index (χ3n) is 1.02. The molecule has 0 aliphatic heterocycles. The summed E-state index contributed by atoms with van der Waals surface area (Å²) in [7, 11) is 0. The molecule has 1 aromatic heterocycles. The van der Waals surface area contributed by atoms with Gasteiger partial charge >= 0.3 is 0 Å². The molecule has 0 amide bonds. The molecule has 0 spiro atoms. The van der Waals surface area contributed by atoms with E-state index in [2.05, 4.69) is 0 Å². The average molecular weight is 179 g/mol. The highest BCUT2D eigenvalue weighted by molar-refractivity contribution is 7.16. The molecule has 0 aromatic carbocycles. The molecule has 4 heteroatoms. The van der Waals surface area contributed by atoms with Crippen molar-refractivity contribution in [2.75, 3.05) is 0 Å². The standard InChI is InChI=1S/C6H4ClFOS/c7-6-4(3-9)1-5(2-8)10-6/h1,3H,2H2. The zero-order valence-corrected chi connectivity index (χ0v) is 6.51. The Kier molecular flexibility index (Phi) is 2.40. The minimum atomic E-state index is -0.557. The van der Waals surface area contributed by atoms with Crippen LogP contribution in [0.5, 0.6) is 0 Å². The molecule has 1 nitrogen and oxygen atoms in total. The zero-order valence-electron chi connectivity index (χ0n) is 4.93. The van der Waals surface area contributed by atoms with Crippen LogP contribution in [0.1, 0.15) is 15.2 Å². The molecule has 0 bridgehead atoms. The van der Waals surface area contributed by atoms with Crippen molar-refractivity contribution in [1.29, 1.82) is 0 Å². The van der Waals surface area contributed by atoms with Crippen LogP contribution in [0.3, 0.4) is 0 Å². The monoisotopic (exact) mass is 178 g/mol. The first-order valence-corrected chi connectivity index (χ1v) is 3.76. The molecular weight excluding hydrogens is 175 g/mol. The van der Waals surface area contributed by atoms with Crippen molar-refractivity contribution in [2.24, 2.45) is 0 Å². The summed E-state index contributed by atoms with van der Waals surface area (Å²) >= 11 is 6.64. The summed E-state index contributed by atoms with van der Waals surface area (Å²) in [6.07, 6.45) is 0.623. The Morgan fingerprint density at radius 1 is 1.80 bits per heavy atom. The Hall–Kier alpha value is -0.410. The van der Waals surface area contributed by atoms with E-state index < -0.39 is 6.67 Å². The molecule has 1 aromatic rings. The molecular formula is C6H4ClFOS. The van der Waals surface area contributed by atoms with Crippen molar-refractivity contribution >= 4 is 29.2 Å². The van der Waals surface area contributed by atoms with E-state index in [1.807, 2.05) is 0 Å². The van der Waals surface area contributed by atoms with Gasteiger partial charge in [0.1, 0.15) is 11.0 Å². The SMILES string of the molecule is O=Cc1cc(CF)sc1Cl. The number of halogens is 2. The Labute approximate surface area is 66.4 Å². The smallest absolute Gasteiger partial charge is 0.152 e. The highest BCUT2D eigenvalue weighted by Gasteiger charge is 2.04. The fraction of sp³-hybridized carbons (Fsp3) is 0.167. The maximum absolute atomic E-state index is 11.9. The third kappa shape index (κ3) is 1.36. The lowest BCUT2D eigenvalue weighted by atomic mass is 10.3. The molecule has 0 aliphatic carbocycles. The topological polar surface area (TPSA) is 17.1 Å². The Morgan fingerprint density at radius 2 is 2.50 bits per heavy atom. The molecule has 0 N–H and O–H groups in total. The van der Waals surface area contributed by atoms with Crippen LogP contribution in [0.25, 0.3) is 0 Å². The fourth-order valence-electron chi connectivity index (χ4n) is 0.580. The van der Waals surface area contributed by atoms with Gasteiger partial charge in [-0.25, -0.2) is 4.39 Å². The van der Waals surface area contributed by atoms with Gasteiger partial charge in [0.05, 0.1) is 0 Å². The molecule has 0 aliphatic rings. The second-order valence-electron chi connectivity index (χ2n) is 1.69. The summed E-state index contributed by atoms with van der Waals surface area (Å²) in [5.41, 5.74) is 0.374. The van der Waals surface area contributed by atoms with Crippen LogP contribution < -0.4 is 0 Å².